The third-order valence-electron chi connectivity index (χ3n) is 3.69. The molecule has 0 amide bonds. The molecular weight excluding hydrogens is 244 g/mol. The number of ether oxygens (including phenoxy) is 2. The van der Waals surface area contributed by atoms with E-state index in [0.29, 0.717) is 25.8 Å². The second-order valence-corrected chi connectivity index (χ2v) is 5.75. The van der Waals surface area contributed by atoms with E-state index in [2.05, 4.69) is 23.9 Å². The molecule has 0 aromatic heterocycles. The number of hydrogen-bond donors (Lipinski definition) is 1. The second kappa shape index (κ2) is 8.87. The molecular formula is C14H30N2O3. The van der Waals surface area contributed by atoms with Crippen LogP contribution in [-0.4, -0.2) is 87.2 Å². The molecule has 1 saturated heterocycles. The highest BCUT2D eigenvalue weighted by Crippen LogP contribution is 2.15. The average Bonchev–Trinajstić information content (AvgIpc) is 2.73. The van der Waals surface area contributed by atoms with Crippen molar-refractivity contribution in [3.05, 3.63) is 0 Å². The summed E-state index contributed by atoms with van der Waals surface area (Å²) in [6, 6.07) is 0.630. The molecule has 1 rings (SSSR count). The molecule has 0 aliphatic carbocycles. The first-order valence-corrected chi connectivity index (χ1v) is 7.20. The molecule has 0 radical (unpaired) electrons. The van der Waals surface area contributed by atoms with Crippen LogP contribution in [0.3, 0.4) is 0 Å². The van der Waals surface area contributed by atoms with Crippen molar-refractivity contribution in [3.63, 3.8) is 0 Å². The topological polar surface area (TPSA) is 45.2 Å². The molecule has 1 aliphatic rings. The van der Waals surface area contributed by atoms with Gasteiger partial charge in [-0.2, -0.15) is 0 Å². The molecule has 114 valence electrons. The van der Waals surface area contributed by atoms with Crippen LogP contribution in [0.4, 0.5) is 0 Å². The smallest absolute Gasteiger partial charge is 0.0900 e. The van der Waals surface area contributed by atoms with Gasteiger partial charge in [0.1, 0.15) is 0 Å². The van der Waals surface area contributed by atoms with E-state index in [0.717, 1.165) is 6.54 Å². The number of aliphatic hydroxyl groups excluding tert-OH is 1. The van der Waals surface area contributed by atoms with Gasteiger partial charge in [0.2, 0.25) is 0 Å². The molecule has 1 N–H and O–H groups in total. The van der Waals surface area contributed by atoms with Gasteiger partial charge in [-0.15, -0.1) is 0 Å². The number of hydrogen-bond acceptors (Lipinski definition) is 5. The van der Waals surface area contributed by atoms with Crippen molar-refractivity contribution < 1.29 is 14.6 Å². The summed E-state index contributed by atoms with van der Waals surface area (Å²) in [4.78, 5) is 4.60. The molecule has 0 aromatic carbocycles. The van der Waals surface area contributed by atoms with Crippen LogP contribution in [0, 0.1) is 0 Å². The summed E-state index contributed by atoms with van der Waals surface area (Å²) in [6.07, 6.45) is 2.15. The highest BCUT2D eigenvalue weighted by Gasteiger charge is 2.22. The first kappa shape index (κ1) is 16.9. The van der Waals surface area contributed by atoms with Crippen molar-refractivity contribution in [1.82, 2.24) is 9.80 Å². The summed E-state index contributed by atoms with van der Waals surface area (Å²) in [5.41, 5.74) is 0. The third kappa shape index (κ3) is 6.68. The van der Waals surface area contributed by atoms with Crippen LogP contribution in [0.15, 0.2) is 0 Å². The number of aliphatic hydroxyl groups is 1. The first-order chi connectivity index (χ1) is 9.02. The minimum absolute atomic E-state index is 0.0333. The number of nitrogens with zero attached hydrogens (tertiary/aromatic N) is 2. The molecule has 5 heteroatoms. The molecule has 0 aromatic rings. The molecule has 5 nitrogen and oxygen atoms in total. The van der Waals surface area contributed by atoms with Gasteiger partial charge in [0.05, 0.1) is 25.4 Å². The SMILES string of the molecule is COCC(C)OCC(O)CN(C)CC1CCCN1C. The molecule has 0 saturated carbocycles. The molecule has 0 bridgehead atoms. The van der Waals surface area contributed by atoms with Gasteiger partial charge >= 0.3 is 0 Å². The summed E-state index contributed by atoms with van der Waals surface area (Å²) >= 11 is 0. The zero-order valence-electron chi connectivity index (χ0n) is 12.8. The Bertz CT molecular complexity index is 241. The Morgan fingerprint density at radius 3 is 2.74 bits per heavy atom. The minimum atomic E-state index is -0.434. The van der Waals surface area contributed by atoms with Gasteiger partial charge in [-0.05, 0) is 40.4 Å². The Morgan fingerprint density at radius 1 is 1.42 bits per heavy atom. The van der Waals surface area contributed by atoms with Crippen molar-refractivity contribution in [3.8, 4) is 0 Å². The molecule has 1 heterocycles. The number of rotatable bonds is 9. The standard InChI is InChI=1S/C14H30N2O3/c1-12(10-18-4)19-11-14(17)9-15(2)8-13-6-5-7-16(13)3/h12-14,17H,5-11H2,1-4H3. The van der Waals surface area contributed by atoms with E-state index in [1.54, 1.807) is 7.11 Å². The first-order valence-electron chi connectivity index (χ1n) is 7.20. The van der Waals surface area contributed by atoms with Crippen molar-refractivity contribution in [2.45, 2.75) is 38.0 Å². The molecule has 0 spiro atoms. The highest BCUT2D eigenvalue weighted by molar-refractivity contribution is 4.79. The largest absolute Gasteiger partial charge is 0.389 e. The summed E-state index contributed by atoms with van der Waals surface area (Å²) in [5.74, 6) is 0. The summed E-state index contributed by atoms with van der Waals surface area (Å²) in [6.45, 7) is 5.75. The Balaban J connectivity index is 2.14. The summed E-state index contributed by atoms with van der Waals surface area (Å²) < 4.78 is 10.5. The van der Waals surface area contributed by atoms with Gasteiger partial charge in [0.15, 0.2) is 0 Å². The lowest BCUT2D eigenvalue weighted by Gasteiger charge is -2.27. The zero-order valence-corrected chi connectivity index (χ0v) is 12.8. The van der Waals surface area contributed by atoms with E-state index in [1.165, 1.54) is 19.4 Å². The van der Waals surface area contributed by atoms with Crippen LogP contribution in [-0.2, 0) is 9.47 Å². The van der Waals surface area contributed by atoms with Gasteiger partial charge in [-0.1, -0.05) is 0 Å². The van der Waals surface area contributed by atoms with Crippen molar-refractivity contribution in [1.29, 1.82) is 0 Å². The molecule has 1 aliphatic heterocycles. The van der Waals surface area contributed by atoms with Crippen LogP contribution in [0.2, 0.25) is 0 Å². The van der Waals surface area contributed by atoms with Crippen LogP contribution in [0.25, 0.3) is 0 Å². The highest BCUT2D eigenvalue weighted by atomic mass is 16.5. The molecule has 3 unspecified atom stereocenters. The van der Waals surface area contributed by atoms with Gasteiger partial charge in [-0.3, -0.25) is 0 Å². The van der Waals surface area contributed by atoms with E-state index in [1.807, 2.05) is 6.92 Å². The predicted molar refractivity (Wildman–Crippen MR) is 76.4 cm³/mol. The van der Waals surface area contributed by atoms with Crippen molar-refractivity contribution in [2.75, 3.05) is 54.1 Å². The fourth-order valence-corrected chi connectivity index (χ4v) is 2.61. The monoisotopic (exact) mass is 274 g/mol. The van der Waals surface area contributed by atoms with E-state index in [9.17, 15) is 5.11 Å². The van der Waals surface area contributed by atoms with Crippen LogP contribution in [0.1, 0.15) is 19.8 Å². The van der Waals surface area contributed by atoms with Crippen LogP contribution < -0.4 is 0 Å². The number of likely N-dealkylation sites (tertiary alicyclic amines) is 1. The van der Waals surface area contributed by atoms with Crippen LogP contribution >= 0.6 is 0 Å². The van der Waals surface area contributed by atoms with E-state index in [4.69, 9.17) is 9.47 Å². The molecule has 19 heavy (non-hydrogen) atoms. The third-order valence-corrected chi connectivity index (χ3v) is 3.69. The van der Waals surface area contributed by atoms with Gasteiger partial charge in [-0.25, -0.2) is 0 Å². The summed E-state index contributed by atoms with van der Waals surface area (Å²) in [5, 5.41) is 9.96. The fraction of sp³-hybridized carbons (Fsp3) is 1.00. The molecule has 3 atom stereocenters. The maximum Gasteiger partial charge on any atom is 0.0900 e. The number of methoxy groups -OCH3 is 1. The Kier molecular flexibility index (Phi) is 7.87. The van der Waals surface area contributed by atoms with E-state index >= 15 is 0 Å². The normalized spacial score (nSPS) is 24.0. The average molecular weight is 274 g/mol. The molecule has 1 fully saturated rings. The number of likely N-dealkylation sites (N-methyl/N-ethyl adjacent to an activating group) is 2. The quantitative estimate of drug-likeness (QED) is 0.660. The maximum atomic E-state index is 9.96. The fourth-order valence-electron chi connectivity index (χ4n) is 2.61. The Morgan fingerprint density at radius 2 is 2.16 bits per heavy atom. The van der Waals surface area contributed by atoms with Crippen molar-refractivity contribution >= 4 is 0 Å². The summed E-state index contributed by atoms with van der Waals surface area (Å²) in [7, 11) is 5.90. The lowest BCUT2D eigenvalue weighted by molar-refractivity contribution is -0.0389. The second-order valence-electron chi connectivity index (χ2n) is 5.75. The van der Waals surface area contributed by atoms with Crippen molar-refractivity contribution in [2.24, 2.45) is 0 Å². The lowest BCUT2D eigenvalue weighted by Crippen LogP contribution is -2.41. The van der Waals surface area contributed by atoms with Gasteiger partial charge < -0.3 is 24.4 Å². The zero-order chi connectivity index (χ0) is 14.3. The van der Waals surface area contributed by atoms with E-state index < -0.39 is 6.10 Å². The Labute approximate surface area is 117 Å². The predicted octanol–water partition coefficient (Wildman–Crippen LogP) is 0.425. The lowest BCUT2D eigenvalue weighted by atomic mass is 10.2. The maximum absolute atomic E-state index is 9.96. The van der Waals surface area contributed by atoms with Gasteiger partial charge in [0.25, 0.3) is 0 Å². The minimum Gasteiger partial charge on any atom is -0.389 e. The van der Waals surface area contributed by atoms with Gasteiger partial charge in [0, 0.05) is 26.2 Å². The van der Waals surface area contributed by atoms with E-state index in [-0.39, 0.29) is 6.10 Å². The Hall–Kier alpha value is -0.200. The van der Waals surface area contributed by atoms with Crippen LogP contribution in [0.5, 0.6) is 0 Å².